The van der Waals surface area contributed by atoms with Crippen molar-refractivity contribution in [1.82, 2.24) is 24.1 Å². The van der Waals surface area contributed by atoms with E-state index < -0.39 is 33.8 Å². The topological polar surface area (TPSA) is 158 Å². The van der Waals surface area contributed by atoms with Crippen LogP contribution in [0.1, 0.15) is 18.1 Å². The van der Waals surface area contributed by atoms with E-state index in [1.807, 2.05) is 30.5 Å². The Morgan fingerprint density at radius 2 is 1.75 bits per heavy atom. The van der Waals surface area contributed by atoms with Gasteiger partial charge in [-0.1, -0.05) is 30.3 Å². The fourth-order valence-electron chi connectivity index (χ4n) is 5.45. The molecular formula is C32H37N5O8S3. The van der Waals surface area contributed by atoms with Crippen molar-refractivity contribution in [2.45, 2.75) is 31.5 Å². The number of fused-ring (bicyclic) bond motifs is 1. The van der Waals surface area contributed by atoms with E-state index in [0.717, 1.165) is 32.6 Å². The highest BCUT2D eigenvalue weighted by molar-refractivity contribution is 7.98. The van der Waals surface area contributed by atoms with Crippen molar-refractivity contribution in [3.8, 4) is 16.2 Å². The smallest absolute Gasteiger partial charge is 0.332 e. The Morgan fingerprint density at radius 1 is 1.04 bits per heavy atom. The summed E-state index contributed by atoms with van der Waals surface area (Å²) in [6.07, 6.45) is 2.93. The number of carbonyl (C=O) groups is 2. The van der Waals surface area contributed by atoms with Crippen molar-refractivity contribution in [2.75, 3.05) is 51.9 Å². The molecule has 4 aromatic rings. The predicted octanol–water partition coefficient (Wildman–Crippen LogP) is 2.08. The molecule has 2 aromatic carbocycles. The Balaban J connectivity index is 1.72. The van der Waals surface area contributed by atoms with Crippen molar-refractivity contribution < 1.29 is 27.5 Å². The number of amides is 1. The molecule has 5 rings (SSSR count). The average molecular weight is 716 g/mol. The van der Waals surface area contributed by atoms with Gasteiger partial charge in [0, 0.05) is 53.6 Å². The minimum atomic E-state index is -3.72. The molecule has 0 unspecified atom stereocenters. The molecule has 1 aliphatic rings. The van der Waals surface area contributed by atoms with E-state index >= 15 is 0 Å². The summed E-state index contributed by atoms with van der Waals surface area (Å²) >= 11 is 2.64. The summed E-state index contributed by atoms with van der Waals surface area (Å²) in [6, 6.07) is 14.5. The highest BCUT2D eigenvalue weighted by Gasteiger charge is 2.27. The summed E-state index contributed by atoms with van der Waals surface area (Å²) in [6.45, 7) is 3.15. The molecule has 2 aromatic heterocycles. The van der Waals surface area contributed by atoms with Gasteiger partial charge in [0.05, 0.1) is 24.8 Å². The fraction of sp³-hybridized carbons (Fsp3) is 0.375. The summed E-state index contributed by atoms with van der Waals surface area (Å²) in [5.41, 5.74) is 0.169. The van der Waals surface area contributed by atoms with E-state index in [0.29, 0.717) is 52.8 Å². The van der Waals surface area contributed by atoms with Gasteiger partial charge < -0.3 is 19.7 Å². The van der Waals surface area contributed by atoms with E-state index in [4.69, 9.17) is 9.47 Å². The second-order valence-electron chi connectivity index (χ2n) is 11.0. The SMILES string of the molecule is CCOC(=O)Cn1c(=O)c2c(CNS(C)(=O)=O)c(-c3ccccc3OCC(=O)N3CCNCC3)sc2n(Cc2ccccc2SC)c1=O. The number of para-hydroxylation sites is 1. The van der Waals surface area contributed by atoms with Gasteiger partial charge in [0.1, 0.15) is 17.1 Å². The van der Waals surface area contributed by atoms with Crippen LogP contribution in [0.2, 0.25) is 0 Å². The quantitative estimate of drug-likeness (QED) is 0.155. The second-order valence-corrected chi connectivity index (χ2v) is 14.7. The molecular weight excluding hydrogens is 679 g/mol. The summed E-state index contributed by atoms with van der Waals surface area (Å²) in [5.74, 6) is -0.586. The maximum absolute atomic E-state index is 14.2. The van der Waals surface area contributed by atoms with Crippen LogP contribution in [0.3, 0.4) is 0 Å². The lowest BCUT2D eigenvalue weighted by molar-refractivity contribution is -0.144. The number of rotatable bonds is 13. The molecule has 13 nitrogen and oxygen atoms in total. The lowest BCUT2D eigenvalue weighted by Gasteiger charge is -2.27. The van der Waals surface area contributed by atoms with E-state index in [1.54, 1.807) is 36.1 Å². The molecule has 256 valence electrons. The Hall–Kier alpha value is -3.96. The number of benzene rings is 2. The number of esters is 1. The highest BCUT2D eigenvalue weighted by Crippen LogP contribution is 2.41. The predicted molar refractivity (Wildman–Crippen MR) is 186 cm³/mol. The van der Waals surface area contributed by atoms with Gasteiger partial charge in [0.2, 0.25) is 10.0 Å². The highest BCUT2D eigenvalue weighted by atomic mass is 32.2. The number of piperazine rings is 1. The molecule has 0 atom stereocenters. The fourth-order valence-corrected chi connectivity index (χ4v) is 7.80. The number of thioether (sulfide) groups is 1. The molecule has 1 amide bonds. The Bertz CT molecular complexity index is 2050. The molecule has 0 spiro atoms. The van der Waals surface area contributed by atoms with E-state index in [2.05, 4.69) is 10.0 Å². The van der Waals surface area contributed by atoms with Crippen LogP contribution in [0.25, 0.3) is 20.7 Å². The standard InChI is InChI=1S/C32H37N5O8S3/c1-4-44-27(39)19-36-30(40)28-23(17-34-48(3,42)43)29(47-31(28)37(32(36)41)18-21-9-5-8-12-25(21)46-2)22-10-6-7-11-24(22)45-20-26(38)35-15-13-33-14-16-35/h5-12,33-34H,4,13-20H2,1-3H3. The summed E-state index contributed by atoms with van der Waals surface area (Å²) < 4.78 is 40.5. The van der Waals surface area contributed by atoms with Gasteiger partial charge in [0.15, 0.2) is 6.61 Å². The molecule has 16 heteroatoms. The van der Waals surface area contributed by atoms with Gasteiger partial charge in [0.25, 0.3) is 11.5 Å². The minimum Gasteiger partial charge on any atom is -0.483 e. The third kappa shape index (κ3) is 8.01. The molecule has 3 heterocycles. The monoisotopic (exact) mass is 715 g/mol. The number of nitrogens with zero attached hydrogens (tertiary/aromatic N) is 3. The maximum Gasteiger partial charge on any atom is 0.332 e. The molecule has 1 aliphatic heterocycles. The molecule has 1 saturated heterocycles. The Kier molecular flexibility index (Phi) is 11.4. The van der Waals surface area contributed by atoms with Crippen LogP contribution in [0, 0.1) is 0 Å². The van der Waals surface area contributed by atoms with Gasteiger partial charge in [-0.2, -0.15) is 0 Å². The Morgan fingerprint density at radius 3 is 2.46 bits per heavy atom. The van der Waals surface area contributed by atoms with Crippen molar-refractivity contribution in [2.24, 2.45) is 0 Å². The first-order valence-corrected chi connectivity index (χ1v) is 19.2. The summed E-state index contributed by atoms with van der Waals surface area (Å²) in [4.78, 5) is 57.2. The molecule has 1 fully saturated rings. The number of sulfonamides is 1. The van der Waals surface area contributed by atoms with Crippen LogP contribution < -0.4 is 26.0 Å². The van der Waals surface area contributed by atoms with Gasteiger partial charge in [-0.3, -0.25) is 19.0 Å². The molecule has 0 radical (unpaired) electrons. The first kappa shape index (κ1) is 35.3. The number of thiophene rings is 1. The molecule has 0 bridgehead atoms. The first-order chi connectivity index (χ1) is 23.0. The molecule has 2 N–H and O–H groups in total. The third-order valence-electron chi connectivity index (χ3n) is 7.73. The van der Waals surface area contributed by atoms with Crippen molar-refractivity contribution in [3.63, 3.8) is 0 Å². The zero-order chi connectivity index (χ0) is 34.4. The van der Waals surface area contributed by atoms with E-state index in [-0.39, 0.29) is 37.6 Å². The van der Waals surface area contributed by atoms with Crippen LogP contribution in [-0.2, 0) is 44.0 Å². The average Bonchev–Trinajstić information content (AvgIpc) is 3.46. The largest absolute Gasteiger partial charge is 0.483 e. The number of hydrogen-bond acceptors (Lipinski definition) is 11. The van der Waals surface area contributed by atoms with Gasteiger partial charge in [-0.25, -0.2) is 22.5 Å². The number of ether oxygens (including phenoxy) is 2. The van der Waals surface area contributed by atoms with Crippen LogP contribution in [0.4, 0.5) is 0 Å². The van der Waals surface area contributed by atoms with Crippen LogP contribution in [-0.4, -0.2) is 86.2 Å². The zero-order valence-corrected chi connectivity index (χ0v) is 29.3. The van der Waals surface area contributed by atoms with Crippen LogP contribution in [0.15, 0.2) is 63.0 Å². The van der Waals surface area contributed by atoms with Crippen molar-refractivity contribution in [3.05, 3.63) is 80.5 Å². The number of nitrogens with one attached hydrogen (secondary N) is 2. The van der Waals surface area contributed by atoms with Crippen molar-refractivity contribution >= 4 is 55.2 Å². The minimum absolute atomic E-state index is 0.0607. The third-order valence-corrected chi connectivity index (χ3v) is 10.5. The zero-order valence-electron chi connectivity index (χ0n) is 26.8. The lowest BCUT2D eigenvalue weighted by Crippen LogP contribution is -2.47. The van der Waals surface area contributed by atoms with Gasteiger partial charge in [-0.05, 0) is 36.9 Å². The first-order valence-electron chi connectivity index (χ1n) is 15.2. The number of carbonyl (C=O) groups excluding carboxylic acids is 2. The van der Waals surface area contributed by atoms with Gasteiger partial charge in [-0.15, -0.1) is 23.1 Å². The normalized spacial score (nSPS) is 13.5. The second kappa shape index (κ2) is 15.5. The molecule has 0 saturated carbocycles. The number of aromatic nitrogens is 2. The molecule has 48 heavy (non-hydrogen) atoms. The van der Waals surface area contributed by atoms with E-state index in [1.165, 1.54) is 16.3 Å². The summed E-state index contributed by atoms with van der Waals surface area (Å²) in [5, 5.41) is 3.30. The van der Waals surface area contributed by atoms with Gasteiger partial charge >= 0.3 is 11.7 Å². The van der Waals surface area contributed by atoms with Crippen LogP contribution >= 0.6 is 23.1 Å². The number of hydrogen-bond donors (Lipinski definition) is 2. The Labute approximate surface area is 285 Å². The van der Waals surface area contributed by atoms with Crippen LogP contribution in [0.5, 0.6) is 5.75 Å². The van der Waals surface area contributed by atoms with E-state index in [9.17, 15) is 27.6 Å². The summed E-state index contributed by atoms with van der Waals surface area (Å²) in [7, 11) is -3.72. The maximum atomic E-state index is 14.2. The van der Waals surface area contributed by atoms with Crippen molar-refractivity contribution in [1.29, 1.82) is 0 Å². The lowest BCUT2D eigenvalue weighted by atomic mass is 10.1. The molecule has 0 aliphatic carbocycles.